The summed E-state index contributed by atoms with van der Waals surface area (Å²) in [5, 5.41) is 5.68. The van der Waals surface area contributed by atoms with Crippen molar-refractivity contribution in [3.63, 3.8) is 0 Å². The van der Waals surface area contributed by atoms with Crippen LogP contribution < -0.4 is 24.8 Å². The number of hydrogen-bond donors (Lipinski definition) is 2. The number of carbonyl (C=O) groups excluding carboxylic acids is 2. The average Bonchev–Trinajstić information content (AvgIpc) is 3.26. The van der Waals surface area contributed by atoms with E-state index in [2.05, 4.69) is 10.6 Å². The van der Waals surface area contributed by atoms with Gasteiger partial charge in [-0.05, 0) is 54.4 Å². The van der Waals surface area contributed by atoms with Gasteiger partial charge >= 0.3 is 0 Å². The molecular formula is C25H24N2O5. The monoisotopic (exact) mass is 432 g/mol. The quantitative estimate of drug-likeness (QED) is 0.561. The summed E-state index contributed by atoms with van der Waals surface area (Å²) < 4.78 is 16.3. The molecule has 0 aliphatic carbocycles. The first-order valence-corrected chi connectivity index (χ1v) is 10.3. The molecule has 7 nitrogen and oxygen atoms in total. The minimum atomic E-state index is -0.283. The number of amides is 2. The maximum absolute atomic E-state index is 12.7. The van der Waals surface area contributed by atoms with Crippen LogP contribution in [0.4, 0.5) is 5.69 Å². The molecule has 0 fully saturated rings. The molecule has 0 saturated carbocycles. The highest BCUT2D eigenvalue weighted by Gasteiger charge is 2.15. The second-order valence-corrected chi connectivity index (χ2v) is 7.38. The number of benzene rings is 3. The van der Waals surface area contributed by atoms with Gasteiger partial charge in [0.1, 0.15) is 5.75 Å². The van der Waals surface area contributed by atoms with Crippen LogP contribution in [0.2, 0.25) is 0 Å². The molecule has 2 N–H and O–H groups in total. The van der Waals surface area contributed by atoms with Gasteiger partial charge in [0.15, 0.2) is 11.5 Å². The Balaban J connectivity index is 1.31. The summed E-state index contributed by atoms with van der Waals surface area (Å²) in [6.45, 7) is 2.75. The van der Waals surface area contributed by atoms with Crippen LogP contribution in [0, 0.1) is 6.92 Å². The highest BCUT2D eigenvalue weighted by Crippen LogP contribution is 2.32. The summed E-state index contributed by atoms with van der Waals surface area (Å²) in [7, 11) is 0. The molecule has 0 aromatic heterocycles. The van der Waals surface area contributed by atoms with Gasteiger partial charge in [0.2, 0.25) is 12.7 Å². The lowest BCUT2D eigenvalue weighted by Gasteiger charge is -2.12. The van der Waals surface area contributed by atoms with Crippen molar-refractivity contribution in [3.8, 4) is 17.2 Å². The number of hydrogen-bond acceptors (Lipinski definition) is 5. The van der Waals surface area contributed by atoms with Gasteiger partial charge in [0.05, 0.1) is 24.3 Å². The van der Waals surface area contributed by atoms with Gasteiger partial charge in [-0.15, -0.1) is 0 Å². The summed E-state index contributed by atoms with van der Waals surface area (Å²) in [6, 6.07) is 20.1. The fraction of sp³-hybridized carbons (Fsp3) is 0.200. The van der Waals surface area contributed by atoms with Gasteiger partial charge in [0, 0.05) is 6.54 Å². The van der Waals surface area contributed by atoms with Crippen LogP contribution in [0.5, 0.6) is 17.2 Å². The van der Waals surface area contributed by atoms with E-state index in [4.69, 9.17) is 14.2 Å². The average molecular weight is 432 g/mol. The number of ether oxygens (including phenoxy) is 3. The highest BCUT2D eigenvalue weighted by atomic mass is 16.7. The van der Waals surface area contributed by atoms with Crippen LogP contribution in [-0.2, 0) is 11.3 Å². The van der Waals surface area contributed by atoms with E-state index in [0.717, 1.165) is 16.9 Å². The summed E-state index contributed by atoms with van der Waals surface area (Å²) in [5.41, 5.74) is 2.82. The van der Waals surface area contributed by atoms with Crippen molar-refractivity contribution in [1.82, 2.24) is 5.32 Å². The molecule has 2 amide bonds. The molecule has 0 atom stereocenters. The fourth-order valence-corrected chi connectivity index (χ4v) is 3.30. The Morgan fingerprint density at radius 1 is 0.969 bits per heavy atom. The van der Waals surface area contributed by atoms with Crippen molar-refractivity contribution in [3.05, 3.63) is 83.4 Å². The molecule has 0 radical (unpaired) electrons. The van der Waals surface area contributed by atoms with Crippen LogP contribution in [0.25, 0.3) is 0 Å². The molecule has 1 heterocycles. The molecule has 1 aliphatic heterocycles. The van der Waals surface area contributed by atoms with Crippen LogP contribution >= 0.6 is 0 Å². The maximum Gasteiger partial charge on any atom is 0.253 e. The largest absolute Gasteiger partial charge is 0.493 e. The zero-order valence-electron chi connectivity index (χ0n) is 17.7. The molecule has 0 unspecified atom stereocenters. The molecule has 4 rings (SSSR count). The van der Waals surface area contributed by atoms with E-state index < -0.39 is 0 Å². The van der Waals surface area contributed by atoms with Crippen molar-refractivity contribution < 1.29 is 23.8 Å². The Labute approximate surface area is 186 Å². The second kappa shape index (κ2) is 9.87. The van der Waals surface area contributed by atoms with Gasteiger partial charge < -0.3 is 24.8 Å². The third-order valence-electron chi connectivity index (χ3n) is 4.92. The molecular weight excluding hydrogens is 408 g/mol. The van der Waals surface area contributed by atoms with Crippen molar-refractivity contribution in [2.45, 2.75) is 19.9 Å². The van der Waals surface area contributed by atoms with Crippen LogP contribution in [0.1, 0.15) is 27.9 Å². The summed E-state index contributed by atoms with van der Waals surface area (Å²) >= 11 is 0. The number of para-hydroxylation sites is 1. The number of rotatable bonds is 8. The molecule has 7 heteroatoms. The standard InChI is InChI=1S/C25H24N2O5/c1-17-5-4-6-19(13-17)30-12-11-24(28)27-21-8-3-2-7-20(21)25(29)26-15-18-9-10-22-23(14-18)32-16-31-22/h2-10,13-14H,11-12,15-16H2,1H3,(H,26,29)(H,27,28). The van der Waals surface area contributed by atoms with Crippen LogP contribution in [-0.4, -0.2) is 25.2 Å². The van der Waals surface area contributed by atoms with Crippen LogP contribution in [0.15, 0.2) is 66.7 Å². The predicted molar refractivity (Wildman–Crippen MR) is 120 cm³/mol. The van der Waals surface area contributed by atoms with Crippen molar-refractivity contribution in [2.75, 3.05) is 18.7 Å². The van der Waals surface area contributed by atoms with Gasteiger partial charge in [-0.25, -0.2) is 0 Å². The summed E-state index contributed by atoms with van der Waals surface area (Å²) in [4.78, 5) is 25.1. The van der Waals surface area contributed by atoms with Gasteiger partial charge in [-0.1, -0.05) is 30.3 Å². The van der Waals surface area contributed by atoms with E-state index in [9.17, 15) is 9.59 Å². The van der Waals surface area contributed by atoms with E-state index in [1.165, 1.54) is 0 Å². The Hall–Kier alpha value is -4.00. The van der Waals surface area contributed by atoms with Crippen LogP contribution in [0.3, 0.4) is 0 Å². The van der Waals surface area contributed by atoms with E-state index in [-0.39, 0.29) is 31.6 Å². The lowest BCUT2D eigenvalue weighted by molar-refractivity contribution is -0.116. The zero-order chi connectivity index (χ0) is 22.3. The number of anilines is 1. The first kappa shape index (κ1) is 21.2. The molecule has 32 heavy (non-hydrogen) atoms. The Morgan fingerprint density at radius 3 is 2.69 bits per heavy atom. The SMILES string of the molecule is Cc1cccc(OCCC(=O)Nc2ccccc2C(=O)NCc2ccc3c(c2)OCO3)c1. The first-order chi connectivity index (χ1) is 15.6. The Morgan fingerprint density at radius 2 is 1.81 bits per heavy atom. The smallest absolute Gasteiger partial charge is 0.253 e. The van der Waals surface area contributed by atoms with E-state index in [0.29, 0.717) is 29.3 Å². The lowest BCUT2D eigenvalue weighted by Crippen LogP contribution is -2.25. The first-order valence-electron chi connectivity index (χ1n) is 10.3. The lowest BCUT2D eigenvalue weighted by atomic mass is 10.1. The van der Waals surface area contributed by atoms with E-state index >= 15 is 0 Å². The predicted octanol–water partition coefficient (Wildman–Crippen LogP) is 4.06. The van der Waals surface area contributed by atoms with Crippen molar-refractivity contribution in [2.24, 2.45) is 0 Å². The van der Waals surface area contributed by atoms with Gasteiger partial charge in [0.25, 0.3) is 5.91 Å². The number of aryl methyl sites for hydroxylation is 1. The molecule has 0 spiro atoms. The molecule has 0 saturated heterocycles. The maximum atomic E-state index is 12.7. The highest BCUT2D eigenvalue weighted by molar-refractivity contribution is 6.03. The van der Waals surface area contributed by atoms with Gasteiger partial charge in [-0.3, -0.25) is 9.59 Å². The zero-order valence-corrected chi connectivity index (χ0v) is 17.7. The van der Waals surface area contributed by atoms with E-state index in [1.807, 2.05) is 49.4 Å². The summed E-state index contributed by atoms with van der Waals surface area (Å²) in [5.74, 6) is 1.57. The Kier molecular flexibility index (Phi) is 6.55. The second-order valence-electron chi connectivity index (χ2n) is 7.38. The summed E-state index contributed by atoms with van der Waals surface area (Å²) in [6.07, 6.45) is 0.168. The number of fused-ring (bicyclic) bond motifs is 1. The molecule has 1 aliphatic rings. The third kappa shape index (κ3) is 5.37. The molecule has 3 aromatic carbocycles. The molecule has 0 bridgehead atoms. The third-order valence-corrected chi connectivity index (χ3v) is 4.92. The van der Waals surface area contributed by atoms with Crippen molar-refractivity contribution >= 4 is 17.5 Å². The normalized spacial score (nSPS) is 11.7. The molecule has 3 aromatic rings. The van der Waals surface area contributed by atoms with E-state index in [1.54, 1.807) is 24.3 Å². The number of nitrogens with one attached hydrogen (secondary N) is 2. The molecule has 164 valence electrons. The number of carbonyl (C=O) groups is 2. The fourth-order valence-electron chi connectivity index (χ4n) is 3.30. The topological polar surface area (TPSA) is 85.9 Å². The van der Waals surface area contributed by atoms with Gasteiger partial charge in [-0.2, -0.15) is 0 Å². The minimum absolute atomic E-state index is 0.168. The Bertz CT molecular complexity index is 1130. The minimum Gasteiger partial charge on any atom is -0.493 e. The van der Waals surface area contributed by atoms with Crippen molar-refractivity contribution in [1.29, 1.82) is 0 Å².